The molecule has 0 heterocycles. The van der Waals surface area contributed by atoms with Crippen molar-refractivity contribution in [2.45, 2.75) is 13.8 Å². The number of azide groups is 1. The van der Waals surface area contributed by atoms with Crippen LogP contribution >= 0.6 is 0 Å². The summed E-state index contributed by atoms with van der Waals surface area (Å²) in [7, 11) is 0. The van der Waals surface area contributed by atoms with Crippen LogP contribution in [0.5, 0.6) is 0 Å². The van der Waals surface area contributed by atoms with Crippen LogP contribution in [0.15, 0.2) is 29.4 Å². The summed E-state index contributed by atoms with van der Waals surface area (Å²) < 4.78 is 0. The van der Waals surface area contributed by atoms with E-state index in [9.17, 15) is 4.79 Å². The Morgan fingerprint density at radius 2 is 2.00 bits per heavy atom. The van der Waals surface area contributed by atoms with Crippen LogP contribution in [0, 0.1) is 0 Å². The van der Waals surface area contributed by atoms with Gasteiger partial charge in [-0.2, -0.15) is 0 Å². The van der Waals surface area contributed by atoms with Gasteiger partial charge in [0.1, 0.15) is 0 Å². The minimum Gasteiger partial charge on any atom is -0.478 e. The van der Waals surface area contributed by atoms with Gasteiger partial charge in [0.15, 0.2) is 0 Å². The van der Waals surface area contributed by atoms with E-state index in [2.05, 4.69) is 29.2 Å². The lowest BCUT2D eigenvalue weighted by Crippen LogP contribution is -2.09. The van der Waals surface area contributed by atoms with Crippen molar-refractivity contribution in [2.75, 3.05) is 13.1 Å². The molecule has 0 aliphatic rings. The molecule has 0 saturated carbocycles. The van der Waals surface area contributed by atoms with Gasteiger partial charge in [0, 0.05) is 4.91 Å². The summed E-state index contributed by atoms with van der Waals surface area (Å²) in [6.07, 6.45) is 0. The second kappa shape index (κ2) is 9.21. The molecule has 92 valence electrons. The van der Waals surface area contributed by atoms with Crippen LogP contribution in [0.3, 0.4) is 0 Å². The van der Waals surface area contributed by atoms with Crippen molar-refractivity contribution < 1.29 is 9.90 Å². The van der Waals surface area contributed by atoms with Gasteiger partial charge in [-0.15, -0.1) is 0 Å². The minimum absolute atomic E-state index is 0.00954. The fourth-order valence-electron chi connectivity index (χ4n) is 1.04. The Balaban J connectivity index is 0.000000437. The highest BCUT2D eigenvalue weighted by Gasteiger charge is 2.05. The SMILES string of the molecule is CCNCC.[N-]=[N+]=Nc1ccccc1C(=O)O. The maximum Gasteiger partial charge on any atom is 0.336 e. The quantitative estimate of drug-likeness (QED) is 0.477. The minimum atomic E-state index is -1.10. The van der Waals surface area contributed by atoms with E-state index in [1.54, 1.807) is 12.1 Å². The van der Waals surface area contributed by atoms with Crippen LogP contribution in [-0.2, 0) is 0 Å². The third-order valence-electron chi connectivity index (χ3n) is 1.79. The Kier molecular flexibility index (Phi) is 8.10. The smallest absolute Gasteiger partial charge is 0.336 e. The second-order valence-electron chi connectivity index (χ2n) is 2.97. The Hall–Kier alpha value is -2.04. The Morgan fingerprint density at radius 3 is 2.41 bits per heavy atom. The number of nitrogens with zero attached hydrogens (tertiary/aromatic N) is 3. The van der Waals surface area contributed by atoms with Crippen molar-refractivity contribution in [2.24, 2.45) is 5.11 Å². The van der Waals surface area contributed by atoms with Gasteiger partial charge in [-0.1, -0.05) is 37.2 Å². The van der Waals surface area contributed by atoms with Crippen LogP contribution in [0.2, 0.25) is 0 Å². The van der Waals surface area contributed by atoms with Gasteiger partial charge in [0.2, 0.25) is 0 Å². The number of rotatable bonds is 4. The fourth-order valence-corrected chi connectivity index (χ4v) is 1.04. The zero-order valence-corrected chi connectivity index (χ0v) is 9.92. The Bertz CT molecular complexity index is 377. The first-order valence-electron chi connectivity index (χ1n) is 5.25. The first-order chi connectivity index (χ1) is 8.17. The summed E-state index contributed by atoms with van der Waals surface area (Å²) in [5.41, 5.74) is 8.23. The lowest BCUT2D eigenvalue weighted by atomic mass is 10.2. The molecule has 0 radical (unpaired) electrons. The van der Waals surface area contributed by atoms with E-state index in [-0.39, 0.29) is 11.3 Å². The van der Waals surface area contributed by atoms with Gasteiger partial charge in [-0.25, -0.2) is 4.79 Å². The summed E-state index contributed by atoms with van der Waals surface area (Å²) in [5.74, 6) is -1.10. The number of aromatic carboxylic acids is 1. The highest BCUT2D eigenvalue weighted by molar-refractivity contribution is 5.93. The average molecular weight is 236 g/mol. The number of benzene rings is 1. The van der Waals surface area contributed by atoms with Crippen molar-refractivity contribution >= 4 is 11.7 Å². The Morgan fingerprint density at radius 1 is 1.41 bits per heavy atom. The molecule has 6 nitrogen and oxygen atoms in total. The van der Waals surface area contributed by atoms with Gasteiger partial charge in [-0.05, 0) is 24.7 Å². The molecule has 1 aromatic rings. The molecule has 2 N–H and O–H groups in total. The summed E-state index contributed by atoms with van der Waals surface area (Å²) >= 11 is 0. The van der Waals surface area contributed by atoms with Crippen molar-refractivity contribution in [3.63, 3.8) is 0 Å². The zero-order chi connectivity index (χ0) is 13.1. The number of hydrogen-bond donors (Lipinski definition) is 2. The van der Waals surface area contributed by atoms with Gasteiger partial charge < -0.3 is 10.4 Å². The maximum absolute atomic E-state index is 10.5. The topological polar surface area (TPSA) is 98.1 Å². The van der Waals surface area contributed by atoms with Crippen LogP contribution < -0.4 is 5.32 Å². The normalized spacial score (nSPS) is 8.59. The van der Waals surface area contributed by atoms with Crippen LogP contribution in [-0.4, -0.2) is 24.2 Å². The predicted octanol–water partition coefficient (Wildman–Crippen LogP) is 2.94. The zero-order valence-electron chi connectivity index (χ0n) is 9.92. The molecule has 0 fully saturated rings. The molecular formula is C11H16N4O2. The van der Waals surface area contributed by atoms with Gasteiger partial charge in [-0.3, -0.25) is 0 Å². The van der Waals surface area contributed by atoms with Crippen LogP contribution in [0.25, 0.3) is 10.4 Å². The van der Waals surface area contributed by atoms with Crippen molar-refractivity contribution in [3.8, 4) is 0 Å². The number of carbonyl (C=O) groups is 1. The molecule has 0 amide bonds. The molecule has 0 aromatic heterocycles. The molecule has 1 rings (SSSR count). The van der Waals surface area contributed by atoms with Crippen molar-refractivity contribution in [3.05, 3.63) is 40.3 Å². The van der Waals surface area contributed by atoms with E-state index >= 15 is 0 Å². The number of hydrogen-bond acceptors (Lipinski definition) is 3. The monoisotopic (exact) mass is 236 g/mol. The van der Waals surface area contributed by atoms with E-state index in [4.69, 9.17) is 10.6 Å². The number of nitrogens with one attached hydrogen (secondary N) is 1. The third kappa shape index (κ3) is 6.19. The summed E-state index contributed by atoms with van der Waals surface area (Å²) in [4.78, 5) is 13.0. The molecule has 6 heteroatoms. The largest absolute Gasteiger partial charge is 0.478 e. The van der Waals surface area contributed by atoms with Gasteiger partial charge in [0.25, 0.3) is 0 Å². The molecule has 0 bridgehead atoms. The maximum atomic E-state index is 10.5. The average Bonchev–Trinajstić information content (AvgIpc) is 2.32. The van der Waals surface area contributed by atoms with E-state index in [0.29, 0.717) is 0 Å². The molecular weight excluding hydrogens is 220 g/mol. The van der Waals surface area contributed by atoms with Gasteiger partial charge >= 0.3 is 5.97 Å². The first kappa shape index (κ1) is 15.0. The second-order valence-corrected chi connectivity index (χ2v) is 2.97. The van der Waals surface area contributed by atoms with E-state index in [1.165, 1.54) is 12.1 Å². The molecule has 0 unspecified atom stereocenters. The summed E-state index contributed by atoms with van der Waals surface area (Å²) in [6.45, 7) is 6.39. The molecule has 0 saturated heterocycles. The highest BCUT2D eigenvalue weighted by Crippen LogP contribution is 2.18. The predicted molar refractivity (Wildman–Crippen MR) is 66.4 cm³/mol. The summed E-state index contributed by atoms with van der Waals surface area (Å²) in [6, 6.07) is 6.01. The molecule has 0 aliphatic carbocycles. The number of carboxylic acids is 1. The Labute approximate surface area is 99.9 Å². The standard InChI is InChI=1S/C7H5N3O2.C4H11N/c8-10-9-6-4-2-1-3-5(6)7(11)12;1-3-5-4-2/h1-4H,(H,11,12);5H,3-4H2,1-2H3. The molecule has 1 aromatic carbocycles. The van der Waals surface area contributed by atoms with E-state index < -0.39 is 5.97 Å². The molecule has 0 atom stereocenters. The fraction of sp³-hybridized carbons (Fsp3) is 0.364. The molecule has 17 heavy (non-hydrogen) atoms. The third-order valence-corrected chi connectivity index (χ3v) is 1.79. The highest BCUT2D eigenvalue weighted by atomic mass is 16.4. The lowest BCUT2D eigenvalue weighted by molar-refractivity contribution is 0.0698. The first-order valence-corrected chi connectivity index (χ1v) is 5.25. The lowest BCUT2D eigenvalue weighted by Gasteiger charge is -1.96. The molecule has 0 aliphatic heterocycles. The van der Waals surface area contributed by atoms with Gasteiger partial charge in [0.05, 0.1) is 11.3 Å². The molecule has 0 spiro atoms. The van der Waals surface area contributed by atoms with Crippen molar-refractivity contribution in [1.29, 1.82) is 0 Å². The van der Waals surface area contributed by atoms with E-state index in [0.717, 1.165) is 13.1 Å². The van der Waals surface area contributed by atoms with E-state index in [1.807, 2.05) is 0 Å². The summed E-state index contributed by atoms with van der Waals surface area (Å²) in [5, 5.41) is 14.9. The number of carboxylic acid groups (broad SMARTS) is 1. The van der Waals surface area contributed by atoms with Crippen molar-refractivity contribution in [1.82, 2.24) is 5.32 Å². The van der Waals surface area contributed by atoms with Crippen LogP contribution in [0.1, 0.15) is 24.2 Å². The van der Waals surface area contributed by atoms with Crippen LogP contribution in [0.4, 0.5) is 5.69 Å².